The van der Waals surface area contributed by atoms with Crippen LogP contribution >= 0.6 is 0 Å². The quantitative estimate of drug-likeness (QED) is 0.511. The van der Waals surface area contributed by atoms with E-state index in [4.69, 9.17) is 16.2 Å². The number of ether oxygens (including phenoxy) is 1. The van der Waals surface area contributed by atoms with Crippen LogP contribution in [0.15, 0.2) is 42.6 Å². The molecule has 10 nitrogen and oxygen atoms in total. The highest BCUT2D eigenvalue weighted by molar-refractivity contribution is 5.90. The van der Waals surface area contributed by atoms with Crippen LogP contribution in [0.4, 0.5) is 20.8 Å². The van der Waals surface area contributed by atoms with Crippen molar-refractivity contribution in [2.24, 2.45) is 0 Å². The number of halogens is 1. The van der Waals surface area contributed by atoms with Crippen LogP contribution in [0.2, 0.25) is 0 Å². The highest BCUT2D eigenvalue weighted by Crippen LogP contribution is 2.31. The van der Waals surface area contributed by atoms with E-state index in [1.54, 1.807) is 41.2 Å². The van der Waals surface area contributed by atoms with Crippen molar-refractivity contribution in [3.05, 3.63) is 54.0 Å². The first-order chi connectivity index (χ1) is 14.8. The molecule has 0 bridgehead atoms. The molecule has 11 heteroatoms. The van der Waals surface area contributed by atoms with Gasteiger partial charge < -0.3 is 21.1 Å². The number of hydrogen-bond acceptors (Lipinski definition) is 8. The summed E-state index contributed by atoms with van der Waals surface area (Å²) in [5.41, 5.74) is 13.3. The van der Waals surface area contributed by atoms with Crippen molar-refractivity contribution in [3.8, 4) is 17.3 Å². The van der Waals surface area contributed by atoms with Crippen molar-refractivity contribution in [3.63, 3.8) is 0 Å². The first-order valence-corrected chi connectivity index (χ1v) is 9.22. The molecular weight excluding hydrogens is 403 g/mol. The van der Waals surface area contributed by atoms with Gasteiger partial charge in [-0.25, -0.2) is 28.8 Å². The SMILES string of the molecule is CN(C)C(=O)Oc1c(N)nc(-c2nn(Cc3ccccc3F)c3ncccc23)nc1N. The molecule has 0 aliphatic heterocycles. The molecule has 0 spiro atoms. The Labute approximate surface area is 176 Å². The summed E-state index contributed by atoms with van der Waals surface area (Å²) in [6.45, 7) is 0.156. The van der Waals surface area contributed by atoms with Gasteiger partial charge in [0.05, 0.1) is 11.9 Å². The van der Waals surface area contributed by atoms with Crippen LogP contribution in [0.3, 0.4) is 0 Å². The highest BCUT2D eigenvalue weighted by atomic mass is 19.1. The highest BCUT2D eigenvalue weighted by Gasteiger charge is 2.21. The van der Waals surface area contributed by atoms with E-state index in [1.165, 1.54) is 25.1 Å². The normalized spacial score (nSPS) is 10.9. The third-order valence-electron chi connectivity index (χ3n) is 4.47. The predicted molar refractivity (Wildman–Crippen MR) is 113 cm³/mol. The van der Waals surface area contributed by atoms with Gasteiger partial charge in [0.2, 0.25) is 5.75 Å². The number of benzene rings is 1. The lowest BCUT2D eigenvalue weighted by atomic mass is 10.2. The maximum absolute atomic E-state index is 14.2. The molecule has 0 saturated carbocycles. The summed E-state index contributed by atoms with van der Waals surface area (Å²) in [4.78, 5) is 25.8. The summed E-state index contributed by atoms with van der Waals surface area (Å²) >= 11 is 0. The van der Waals surface area contributed by atoms with Crippen molar-refractivity contribution < 1.29 is 13.9 Å². The van der Waals surface area contributed by atoms with E-state index in [2.05, 4.69) is 20.1 Å². The van der Waals surface area contributed by atoms with E-state index in [0.717, 1.165) is 0 Å². The molecule has 0 atom stereocenters. The maximum Gasteiger partial charge on any atom is 0.414 e. The Morgan fingerprint density at radius 2 is 1.84 bits per heavy atom. The van der Waals surface area contributed by atoms with Crippen molar-refractivity contribution in [2.45, 2.75) is 6.54 Å². The number of amides is 1. The Bertz CT molecular complexity index is 1260. The summed E-state index contributed by atoms with van der Waals surface area (Å²) in [6, 6.07) is 9.95. The van der Waals surface area contributed by atoms with E-state index in [-0.39, 0.29) is 35.6 Å². The van der Waals surface area contributed by atoms with Crippen molar-refractivity contribution in [1.82, 2.24) is 29.6 Å². The van der Waals surface area contributed by atoms with Crippen LogP contribution in [0, 0.1) is 5.82 Å². The first kappa shape index (κ1) is 20.0. The minimum Gasteiger partial charge on any atom is -0.402 e. The lowest BCUT2D eigenvalue weighted by Gasteiger charge is -2.13. The van der Waals surface area contributed by atoms with Crippen LogP contribution in [0.25, 0.3) is 22.6 Å². The van der Waals surface area contributed by atoms with Gasteiger partial charge in [-0.05, 0) is 18.2 Å². The zero-order chi connectivity index (χ0) is 22.1. The van der Waals surface area contributed by atoms with Gasteiger partial charge >= 0.3 is 6.09 Å². The first-order valence-electron chi connectivity index (χ1n) is 9.22. The number of nitrogen functional groups attached to an aromatic ring is 2. The third kappa shape index (κ3) is 3.80. The Morgan fingerprint density at radius 1 is 1.13 bits per heavy atom. The Hall–Kier alpha value is -4.28. The van der Waals surface area contributed by atoms with Gasteiger partial charge in [-0.15, -0.1) is 0 Å². The zero-order valence-electron chi connectivity index (χ0n) is 16.8. The van der Waals surface area contributed by atoms with Gasteiger partial charge in [0, 0.05) is 25.9 Å². The second-order valence-corrected chi connectivity index (χ2v) is 6.88. The fraction of sp³-hybridized carbons (Fsp3) is 0.150. The Morgan fingerprint density at radius 3 is 2.52 bits per heavy atom. The Balaban J connectivity index is 1.78. The van der Waals surface area contributed by atoms with Crippen molar-refractivity contribution in [1.29, 1.82) is 0 Å². The number of aromatic nitrogens is 5. The van der Waals surface area contributed by atoms with Crippen LogP contribution in [-0.4, -0.2) is 49.8 Å². The molecule has 3 aromatic heterocycles. The molecule has 3 heterocycles. The number of fused-ring (bicyclic) bond motifs is 1. The average molecular weight is 422 g/mol. The molecule has 4 rings (SSSR count). The monoisotopic (exact) mass is 422 g/mol. The standard InChI is InChI=1S/C20H19FN8O2/c1-28(2)20(30)31-15-16(22)25-18(26-17(15)23)14-12-7-5-9-24-19(12)29(27-14)10-11-6-3-4-8-13(11)21/h3-9H,10H2,1-2H3,(H4,22,23,25,26). The summed E-state index contributed by atoms with van der Waals surface area (Å²) < 4.78 is 20.9. The van der Waals surface area contributed by atoms with Crippen LogP contribution < -0.4 is 16.2 Å². The second kappa shape index (κ2) is 7.86. The largest absolute Gasteiger partial charge is 0.414 e. The lowest BCUT2D eigenvalue weighted by molar-refractivity contribution is 0.172. The molecule has 0 radical (unpaired) electrons. The Kier molecular flexibility index (Phi) is 5.07. The number of rotatable bonds is 4. The van der Waals surface area contributed by atoms with E-state index < -0.39 is 6.09 Å². The molecule has 4 N–H and O–H groups in total. The maximum atomic E-state index is 14.2. The van der Waals surface area contributed by atoms with E-state index in [0.29, 0.717) is 22.3 Å². The summed E-state index contributed by atoms with van der Waals surface area (Å²) in [6.07, 6.45) is 0.942. The van der Waals surface area contributed by atoms with Gasteiger partial charge in [-0.3, -0.25) is 0 Å². The minimum atomic E-state index is -0.668. The smallest absolute Gasteiger partial charge is 0.402 e. The van der Waals surface area contributed by atoms with E-state index in [9.17, 15) is 9.18 Å². The van der Waals surface area contributed by atoms with Crippen LogP contribution in [0.1, 0.15) is 5.56 Å². The van der Waals surface area contributed by atoms with Gasteiger partial charge in [-0.2, -0.15) is 5.10 Å². The molecule has 4 aromatic rings. The van der Waals surface area contributed by atoms with Crippen molar-refractivity contribution in [2.75, 3.05) is 25.6 Å². The van der Waals surface area contributed by atoms with Gasteiger partial charge in [0.15, 0.2) is 23.1 Å². The van der Waals surface area contributed by atoms with Gasteiger partial charge in [0.1, 0.15) is 11.5 Å². The molecule has 0 unspecified atom stereocenters. The number of nitrogens with two attached hydrogens (primary N) is 2. The number of nitrogens with zero attached hydrogens (tertiary/aromatic N) is 6. The van der Waals surface area contributed by atoms with Gasteiger partial charge in [-0.1, -0.05) is 18.2 Å². The fourth-order valence-electron chi connectivity index (χ4n) is 2.95. The van der Waals surface area contributed by atoms with Gasteiger partial charge in [0.25, 0.3) is 0 Å². The second-order valence-electron chi connectivity index (χ2n) is 6.88. The molecule has 0 saturated heterocycles. The molecule has 0 aliphatic rings. The molecular formula is C20H19FN8O2. The number of pyridine rings is 1. The summed E-state index contributed by atoms with van der Waals surface area (Å²) in [5, 5.41) is 5.17. The number of carbonyl (C=O) groups is 1. The van der Waals surface area contributed by atoms with E-state index in [1.807, 2.05) is 0 Å². The average Bonchev–Trinajstić information content (AvgIpc) is 3.10. The number of carbonyl (C=O) groups excluding carboxylic acids is 1. The molecule has 1 amide bonds. The zero-order valence-corrected chi connectivity index (χ0v) is 16.8. The predicted octanol–water partition coefficient (Wildman–Crippen LogP) is 2.30. The minimum absolute atomic E-state index is 0.113. The van der Waals surface area contributed by atoms with Crippen LogP contribution in [0.5, 0.6) is 5.75 Å². The molecule has 1 aromatic carbocycles. The summed E-state index contributed by atoms with van der Waals surface area (Å²) in [5.74, 6) is -0.571. The fourth-order valence-corrected chi connectivity index (χ4v) is 2.95. The topological polar surface area (TPSA) is 138 Å². The number of anilines is 2. The molecule has 0 fully saturated rings. The van der Waals surface area contributed by atoms with Crippen LogP contribution in [-0.2, 0) is 6.54 Å². The lowest BCUT2D eigenvalue weighted by Crippen LogP contribution is -2.26. The molecule has 158 valence electrons. The number of hydrogen-bond donors (Lipinski definition) is 2. The summed E-state index contributed by atoms with van der Waals surface area (Å²) in [7, 11) is 3.04. The molecule has 31 heavy (non-hydrogen) atoms. The van der Waals surface area contributed by atoms with E-state index >= 15 is 0 Å². The van der Waals surface area contributed by atoms with Crippen molar-refractivity contribution >= 4 is 28.8 Å². The molecule has 0 aliphatic carbocycles. The third-order valence-corrected chi connectivity index (χ3v) is 4.47.